The minimum Gasteiger partial charge on any atom is -0.385 e. The summed E-state index contributed by atoms with van der Waals surface area (Å²) in [6.07, 6.45) is 0.847. The van der Waals surface area contributed by atoms with Gasteiger partial charge in [-0.05, 0) is 25.0 Å². The Morgan fingerprint density at radius 1 is 1.30 bits per heavy atom. The van der Waals surface area contributed by atoms with E-state index in [0.29, 0.717) is 19.4 Å². The average Bonchev–Trinajstić information content (AvgIpc) is 2.77. The molecular weight excluding hydrogens is 346 g/mol. The second kappa shape index (κ2) is 7.71. The molecule has 0 saturated heterocycles. The number of hydrogen-bond acceptors (Lipinski definition) is 6. The summed E-state index contributed by atoms with van der Waals surface area (Å²) < 4.78 is 52.6. The van der Waals surface area contributed by atoms with E-state index < -0.39 is 19.1 Å². The minimum absolute atomic E-state index is 0.00654. The Morgan fingerprint density at radius 2 is 2.00 bits per heavy atom. The first kappa shape index (κ1) is 17.9. The summed E-state index contributed by atoms with van der Waals surface area (Å²) in [5.41, 5.74) is 0. The summed E-state index contributed by atoms with van der Waals surface area (Å²) in [7, 11) is -0.305. The van der Waals surface area contributed by atoms with E-state index in [9.17, 15) is 16.8 Å². The van der Waals surface area contributed by atoms with Crippen molar-refractivity contribution in [3.05, 3.63) is 17.0 Å². The summed E-state index contributed by atoms with van der Waals surface area (Å²) >= 11 is 1.04. The summed E-state index contributed by atoms with van der Waals surface area (Å²) in [6.45, 7) is 0.611. The molecule has 0 amide bonds. The molecule has 6 nitrogen and oxygen atoms in total. The van der Waals surface area contributed by atoms with E-state index in [1.54, 1.807) is 6.07 Å². The number of rotatable bonds is 9. The molecule has 0 aliphatic heterocycles. The van der Waals surface area contributed by atoms with Crippen LogP contribution in [-0.2, 0) is 30.2 Å². The molecule has 0 unspecified atom stereocenters. The highest BCUT2D eigenvalue weighted by Gasteiger charge is 2.14. The van der Waals surface area contributed by atoms with Gasteiger partial charge < -0.3 is 4.74 Å². The van der Waals surface area contributed by atoms with Gasteiger partial charge in [-0.3, -0.25) is 0 Å². The molecule has 1 N–H and O–H groups in total. The van der Waals surface area contributed by atoms with Crippen LogP contribution in [0.1, 0.15) is 11.3 Å². The summed E-state index contributed by atoms with van der Waals surface area (Å²) in [5, 5.41) is 0. The van der Waals surface area contributed by atoms with Gasteiger partial charge in [-0.15, -0.1) is 11.3 Å². The number of ether oxygens (including phenoxy) is 1. The molecule has 0 aliphatic rings. The zero-order valence-electron chi connectivity index (χ0n) is 10.8. The van der Waals surface area contributed by atoms with E-state index in [2.05, 4.69) is 4.72 Å². The first-order valence-corrected chi connectivity index (χ1v) is 10.5. The van der Waals surface area contributed by atoms with Crippen molar-refractivity contribution in [2.75, 3.05) is 26.0 Å². The quantitative estimate of drug-likeness (QED) is 0.527. The Bertz CT molecular complexity index is 623. The van der Waals surface area contributed by atoms with E-state index in [-0.39, 0.29) is 16.5 Å². The number of hydrogen-bond donors (Lipinski definition) is 1. The summed E-state index contributed by atoms with van der Waals surface area (Å²) in [5.74, 6) is 0.00654. The van der Waals surface area contributed by atoms with Crippen LogP contribution < -0.4 is 4.72 Å². The Morgan fingerprint density at radius 3 is 2.55 bits per heavy atom. The number of methoxy groups -OCH3 is 1. The number of halogens is 1. The van der Waals surface area contributed by atoms with E-state index >= 15 is 0 Å². The van der Waals surface area contributed by atoms with Crippen molar-refractivity contribution in [1.82, 2.24) is 4.72 Å². The van der Waals surface area contributed by atoms with Gasteiger partial charge in [-0.2, -0.15) is 0 Å². The lowest BCUT2D eigenvalue weighted by atomic mass is 10.3. The van der Waals surface area contributed by atoms with Crippen LogP contribution >= 0.6 is 22.0 Å². The van der Waals surface area contributed by atoms with Gasteiger partial charge >= 0.3 is 0 Å². The second-order valence-electron chi connectivity index (χ2n) is 3.97. The van der Waals surface area contributed by atoms with Crippen molar-refractivity contribution in [2.45, 2.75) is 17.1 Å². The van der Waals surface area contributed by atoms with Crippen LogP contribution in [0, 0.1) is 0 Å². The van der Waals surface area contributed by atoms with Gasteiger partial charge in [0.2, 0.25) is 10.0 Å². The SMILES string of the molecule is COCCCS(=O)(=O)NCCc1ccc(S(=O)(=O)Cl)s1. The van der Waals surface area contributed by atoms with E-state index in [1.165, 1.54) is 13.2 Å². The third-order valence-electron chi connectivity index (χ3n) is 2.33. The predicted molar refractivity (Wildman–Crippen MR) is 79.3 cm³/mol. The molecule has 1 rings (SSSR count). The van der Waals surface area contributed by atoms with Crippen LogP contribution in [0.4, 0.5) is 0 Å². The maximum atomic E-state index is 11.6. The molecular formula is C10H16ClNO5S3. The fourth-order valence-corrected chi connectivity index (χ4v) is 4.60. The lowest BCUT2D eigenvalue weighted by molar-refractivity contribution is 0.199. The molecule has 0 bridgehead atoms. The zero-order chi connectivity index (χ0) is 15.2. The summed E-state index contributed by atoms with van der Waals surface area (Å²) in [6, 6.07) is 3.04. The van der Waals surface area contributed by atoms with Crippen molar-refractivity contribution in [1.29, 1.82) is 0 Å². The maximum Gasteiger partial charge on any atom is 0.270 e. The van der Waals surface area contributed by atoms with Crippen molar-refractivity contribution in [2.24, 2.45) is 0 Å². The molecule has 10 heteroatoms. The Balaban J connectivity index is 2.43. The molecule has 0 radical (unpaired) electrons. The van der Waals surface area contributed by atoms with Gasteiger partial charge in [-0.1, -0.05) is 0 Å². The zero-order valence-corrected chi connectivity index (χ0v) is 14.0. The average molecular weight is 362 g/mol. The third kappa shape index (κ3) is 6.51. The molecule has 0 aliphatic carbocycles. The van der Waals surface area contributed by atoms with Crippen LogP contribution in [-0.4, -0.2) is 42.8 Å². The smallest absolute Gasteiger partial charge is 0.270 e. The monoisotopic (exact) mass is 361 g/mol. The first-order chi connectivity index (χ1) is 9.24. The molecule has 1 heterocycles. The van der Waals surface area contributed by atoms with Gasteiger partial charge in [0.05, 0.1) is 5.75 Å². The van der Waals surface area contributed by atoms with Crippen molar-refractivity contribution in [3.8, 4) is 0 Å². The van der Waals surface area contributed by atoms with Gasteiger partial charge in [0.25, 0.3) is 9.05 Å². The van der Waals surface area contributed by atoms with Gasteiger partial charge in [0.15, 0.2) is 0 Å². The van der Waals surface area contributed by atoms with Crippen molar-refractivity contribution in [3.63, 3.8) is 0 Å². The van der Waals surface area contributed by atoms with Gasteiger partial charge in [0.1, 0.15) is 4.21 Å². The molecule has 1 aromatic heterocycles. The van der Waals surface area contributed by atoms with Gasteiger partial charge in [0, 0.05) is 35.8 Å². The molecule has 0 aromatic carbocycles. The molecule has 0 saturated carbocycles. The van der Waals surface area contributed by atoms with Crippen LogP contribution in [0.2, 0.25) is 0 Å². The van der Waals surface area contributed by atoms with E-state index in [4.69, 9.17) is 15.4 Å². The van der Waals surface area contributed by atoms with Crippen LogP contribution in [0.5, 0.6) is 0 Å². The third-order valence-corrected chi connectivity index (χ3v) is 7.04. The standard InChI is InChI=1S/C10H16ClNO5S3/c1-17-7-2-8-19(13,14)12-6-5-9-3-4-10(18-9)20(11,15)16/h3-4,12H,2,5-8H2,1H3. The maximum absolute atomic E-state index is 11.6. The molecule has 0 atom stereocenters. The largest absolute Gasteiger partial charge is 0.385 e. The topological polar surface area (TPSA) is 89.5 Å². The van der Waals surface area contributed by atoms with Crippen LogP contribution in [0.3, 0.4) is 0 Å². The Kier molecular flexibility index (Phi) is 6.89. The number of nitrogens with one attached hydrogen (secondary N) is 1. The second-order valence-corrected chi connectivity index (χ2v) is 9.86. The highest BCUT2D eigenvalue weighted by Crippen LogP contribution is 2.24. The normalized spacial score (nSPS) is 12.7. The highest BCUT2D eigenvalue weighted by molar-refractivity contribution is 8.15. The van der Waals surface area contributed by atoms with Gasteiger partial charge in [-0.25, -0.2) is 21.6 Å². The Hall–Kier alpha value is -0.190. The fraction of sp³-hybridized carbons (Fsp3) is 0.600. The van der Waals surface area contributed by atoms with E-state index in [0.717, 1.165) is 16.2 Å². The van der Waals surface area contributed by atoms with Crippen molar-refractivity contribution >= 4 is 41.1 Å². The van der Waals surface area contributed by atoms with Crippen LogP contribution in [0.15, 0.2) is 16.3 Å². The fourth-order valence-electron chi connectivity index (χ4n) is 1.42. The minimum atomic E-state index is -3.71. The number of thiophene rings is 1. The van der Waals surface area contributed by atoms with Crippen LogP contribution in [0.25, 0.3) is 0 Å². The van der Waals surface area contributed by atoms with E-state index in [1.807, 2.05) is 0 Å². The first-order valence-electron chi connectivity index (χ1n) is 5.74. The number of sulfonamides is 1. The lowest BCUT2D eigenvalue weighted by Crippen LogP contribution is -2.28. The predicted octanol–water partition coefficient (Wildman–Crippen LogP) is 1.17. The molecule has 0 fully saturated rings. The Labute approximate surface area is 127 Å². The lowest BCUT2D eigenvalue weighted by Gasteiger charge is -2.05. The van der Waals surface area contributed by atoms with Crippen molar-refractivity contribution < 1.29 is 21.6 Å². The molecule has 0 spiro atoms. The molecule has 20 heavy (non-hydrogen) atoms. The summed E-state index contributed by atoms with van der Waals surface area (Å²) in [4.78, 5) is 0.754. The molecule has 1 aromatic rings. The highest BCUT2D eigenvalue weighted by atomic mass is 35.7. The molecule has 116 valence electrons.